The van der Waals surface area contributed by atoms with Crippen LogP contribution in [0.3, 0.4) is 0 Å². The number of thiocarbonyl (C=S) groups is 1. The minimum Gasteiger partial charge on any atom is -0.330 e. The summed E-state index contributed by atoms with van der Waals surface area (Å²) in [6.45, 7) is 1.13. The van der Waals surface area contributed by atoms with Crippen molar-refractivity contribution in [2.45, 2.75) is 13.1 Å². The fourth-order valence-corrected chi connectivity index (χ4v) is 3.86. The highest BCUT2D eigenvalue weighted by molar-refractivity contribution is 7.80. The summed E-state index contributed by atoms with van der Waals surface area (Å²) in [7, 11) is 0. The summed E-state index contributed by atoms with van der Waals surface area (Å²) in [5.41, 5.74) is 2.76. The minimum absolute atomic E-state index is 0.414. The van der Waals surface area contributed by atoms with Gasteiger partial charge >= 0.3 is 0 Å². The molecule has 4 aromatic rings. The second-order valence-electron chi connectivity index (χ2n) is 6.77. The Kier molecular flexibility index (Phi) is 6.77. The summed E-state index contributed by atoms with van der Waals surface area (Å²) in [4.78, 5) is 0. The molecule has 0 aliphatic carbocycles. The zero-order valence-corrected chi connectivity index (χ0v) is 19.2. The average Bonchev–Trinajstić information content (AvgIpc) is 3.33. The average molecular weight is 492 g/mol. The van der Waals surface area contributed by atoms with E-state index in [-0.39, 0.29) is 0 Å². The highest BCUT2D eigenvalue weighted by Gasteiger charge is 2.07. The second kappa shape index (κ2) is 9.70. The number of nitrogens with one attached hydrogen (secondary N) is 2. The van der Waals surface area contributed by atoms with Crippen molar-refractivity contribution in [3.8, 4) is 0 Å². The first-order chi connectivity index (χ1) is 14.9. The smallest absolute Gasteiger partial charge is 0.176 e. The fourth-order valence-electron chi connectivity index (χ4n) is 2.96. The highest BCUT2D eigenvalue weighted by atomic mass is 35.5. The third kappa shape index (κ3) is 5.98. The Morgan fingerprint density at radius 3 is 2.58 bits per heavy atom. The quantitative estimate of drug-likeness (QED) is 0.327. The number of aromatic nitrogens is 4. The molecule has 0 unspecified atom stereocenters. The van der Waals surface area contributed by atoms with Crippen LogP contribution in [0.25, 0.3) is 0 Å². The van der Waals surface area contributed by atoms with Crippen LogP contribution in [-0.4, -0.2) is 24.7 Å². The Bertz CT molecular complexity index is 1220. The highest BCUT2D eigenvalue weighted by Crippen LogP contribution is 2.22. The summed E-state index contributed by atoms with van der Waals surface area (Å²) < 4.78 is 3.57. The molecular weight excluding hydrogens is 475 g/mol. The van der Waals surface area contributed by atoms with Gasteiger partial charge in [-0.05, 0) is 47.6 Å². The predicted octanol–water partition coefficient (Wildman–Crippen LogP) is 5.95. The Morgan fingerprint density at radius 1 is 0.935 bits per heavy atom. The van der Waals surface area contributed by atoms with Crippen LogP contribution in [0, 0.1) is 0 Å². The number of halogens is 3. The molecule has 0 bridgehead atoms. The lowest BCUT2D eigenvalue weighted by molar-refractivity contribution is 0.687. The van der Waals surface area contributed by atoms with Gasteiger partial charge in [0.15, 0.2) is 10.9 Å². The lowest BCUT2D eigenvalue weighted by atomic mass is 10.2. The number of benzene rings is 2. The third-order valence-corrected chi connectivity index (χ3v) is 5.38. The largest absolute Gasteiger partial charge is 0.330 e. The first-order valence-corrected chi connectivity index (χ1v) is 10.8. The van der Waals surface area contributed by atoms with Crippen LogP contribution < -0.4 is 10.6 Å². The van der Waals surface area contributed by atoms with Crippen molar-refractivity contribution in [1.82, 2.24) is 19.6 Å². The van der Waals surface area contributed by atoms with E-state index in [2.05, 4.69) is 20.8 Å². The number of anilines is 2. The molecule has 0 atom stereocenters. The molecule has 0 saturated heterocycles. The Balaban J connectivity index is 1.33. The van der Waals surface area contributed by atoms with Crippen LogP contribution in [0.2, 0.25) is 15.1 Å². The van der Waals surface area contributed by atoms with Gasteiger partial charge in [-0.1, -0.05) is 53.0 Å². The van der Waals surface area contributed by atoms with E-state index in [9.17, 15) is 0 Å². The van der Waals surface area contributed by atoms with Gasteiger partial charge in [0.2, 0.25) is 0 Å². The molecular formula is C21H17Cl3N6S. The normalized spacial score (nSPS) is 10.8. The Hall–Kier alpha value is -2.58. The molecule has 158 valence electrons. The molecule has 4 rings (SSSR count). The lowest BCUT2D eigenvalue weighted by Gasteiger charge is -2.07. The van der Waals surface area contributed by atoms with Gasteiger partial charge < -0.3 is 10.6 Å². The Labute approximate surface area is 199 Å². The molecule has 10 heteroatoms. The van der Waals surface area contributed by atoms with Crippen LogP contribution in [-0.2, 0) is 13.1 Å². The van der Waals surface area contributed by atoms with Gasteiger partial charge in [-0.25, -0.2) is 0 Å². The topological polar surface area (TPSA) is 59.7 Å². The molecule has 0 aliphatic heterocycles. The van der Waals surface area contributed by atoms with Crippen molar-refractivity contribution in [2.75, 3.05) is 10.6 Å². The maximum atomic E-state index is 6.24. The van der Waals surface area contributed by atoms with Gasteiger partial charge in [0.05, 0.1) is 25.0 Å². The minimum atomic E-state index is 0.414. The molecule has 0 radical (unpaired) electrons. The van der Waals surface area contributed by atoms with Gasteiger partial charge in [-0.2, -0.15) is 10.2 Å². The molecule has 0 aliphatic rings. The fraction of sp³-hybridized carbons (Fsp3) is 0.0952. The van der Waals surface area contributed by atoms with E-state index < -0.39 is 0 Å². The van der Waals surface area contributed by atoms with Crippen LogP contribution in [0.15, 0.2) is 67.1 Å². The van der Waals surface area contributed by atoms with Gasteiger partial charge in [0, 0.05) is 33.5 Å². The summed E-state index contributed by atoms with van der Waals surface area (Å²) >= 11 is 23.6. The van der Waals surface area contributed by atoms with Crippen molar-refractivity contribution in [3.63, 3.8) is 0 Å². The summed E-state index contributed by atoms with van der Waals surface area (Å²) in [5, 5.41) is 17.3. The van der Waals surface area contributed by atoms with Crippen molar-refractivity contribution in [1.29, 1.82) is 0 Å². The monoisotopic (exact) mass is 490 g/mol. The molecule has 2 N–H and O–H groups in total. The maximum Gasteiger partial charge on any atom is 0.176 e. The van der Waals surface area contributed by atoms with Gasteiger partial charge in [-0.3, -0.25) is 9.36 Å². The van der Waals surface area contributed by atoms with Gasteiger partial charge in [-0.15, -0.1) is 0 Å². The van der Waals surface area contributed by atoms with Crippen LogP contribution in [0.5, 0.6) is 0 Å². The number of rotatable bonds is 6. The zero-order chi connectivity index (χ0) is 21.8. The molecule has 2 aromatic heterocycles. The third-order valence-electron chi connectivity index (χ3n) is 4.35. The summed E-state index contributed by atoms with van der Waals surface area (Å²) in [6, 6.07) is 14.9. The van der Waals surface area contributed by atoms with E-state index in [4.69, 9.17) is 47.0 Å². The number of nitrogens with zero attached hydrogens (tertiary/aromatic N) is 4. The van der Waals surface area contributed by atoms with E-state index in [0.29, 0.717) is 39.1 Å². The standard InChI is InChI=1S/C21H17Cl3N6S/c22-16-3-1-2-14(8-16)11-30-13-18(10-25-30)26-21(31)27-20-6-7-29(28-20)12-15-4-5-17(23)9-19(15)24/h1-10,13H,11-12H2,(H2,26,27,28,31). The number of hydrogen-bond donors (Lipinski definition) is 2. The first kappa shape index (κ1) is 21.6. The van der Waals surface area contributed by atoms with Crippen molar-refractivity contribution in [2.24, 2.45) is 0 Å². The molecule has 2 heterocycles. The SMILES string of the molecule is S=C(Nc1cnn(Cc2cccc(Cl)c2)c1)Nc1ccn(Cc2ccc(Cl)cc2Cl)n1. The molecule has 6 nitrogen and oxygen atoms in total. The van der Waals surface area contributed by atoms with E-state index in [0.717, 1.165) is 16.8 Å². The van der Waals surface area contributed by atoms with Gasteiger partial charge in [0.1, 0.15) is 0 Å². The van der Waals surface area contributed by atoms with Crippen LogP contribution >= 0.6 is 47.0 Å². The molecule has 0 amide bonds. The first-order valence-electron chi connectivity index (χ1n) is 9.27. The maximum absolute atomic E-state index is 6.24. The molecule has 0 saturated carbocycles. The van der Waals surface area contributed by atoms with Crippen LogP contribution in [0.1, 0.15) is 11.1 Å². The molecule has 0 spiro atoms. The van der Waals surface area contributed by atoms with Crippen molar-refractivity contribution >= 4 is 63.6 Å². The molecule has 2 aromatic carbocycles. The second-order valence-corrected chi connectivity index (χ2v) is 8.46. The Morgan fingerprint density at radius 2 is 1.77 bits per heavy atom. The van der Waals surface area contributed by atoms with Crippen LogP contribution in [0.4, 0.5) is 11.5 Å². The van der Waals surface area contributed by atoms with E-state index in [1.807, 2.05) is 48.8 Å². The van der Waals surface area contributed by atoms with Crippen molar-refractivity contribution in [3.05, 3.63) is 93.3 Å². The lowest BCUT2D eigenvalue weighted by Crippen LogP contribution is -2.19. The van der Waals surface area contributed by atoms with E-state index >= 15 is 0 Å². The number of hydrogen-bond acceptors (Lipinski definition) is 3. The van der Waals surface area contributed by atoms with Crippen molar-refractivity contribution < 1.29 is 0 Å². The summed E-state index contributed by atoms with van der Waals surface area (Å²) in [6.07, 6.45) is 5.43. The predicted molar refractivity (Wildman–Crippen MR) is 130 cm³/mol. The van der Waals surface area contributed by atoms with E-state index in [1.165, 1.54) is 0 Å². The van der Waals surface area contributed by atoms with Gasteiger partial charge in [0.25, 0.3) is 0 Å². The molecule has 0 fully saturated rings. The zero-order valence-electron chi connectivity index (χ0n) is 16.1. The summed E-state index contributed by atoms with van der Waals surface area (Å²) in [5.74, 6) is 0.619. The molecule has 31 heavy (non-hydrogen) atoms. The van der Waals surface area contributed by atoms with E-state index in [1.54, 1.807) is 27.7 Å².